The van der Waals surface area contributed by atoms with Crippen molar-refractivity contribution >= 4 is 17.6 Å². The van der Waals surface area contributed by atoms with E-state index in [0.29, 0.717) is 30.9 Å². The van der Waals surface area contributed by atoms with Crippen LogP contribution in [0.25, 0.3) is 11.1 Å². The molecule has 0 aliphatic heterocycles. The Morgan fingerprint density at radius 1 is 0.971 bits per heavy atom. The van der Waals surface area contributed by atoms with E-state index in [-0.39, 0.29) is 12.1 Å². The zero-order chi connectivity index (χ0) is 24.5. The highest BCUT2D eigenvalue weighted by molar-refractivity contribution is 6.31. The van der Waals surface area contributed by atoms with Crippen molar-refractivity contribution < 1.29 is 23.7 Å². The molecule has 0 heterocycles. The highest BCUT2D eigenvalue weighted by Gasteiger charge is 2.15. The van der Waals surface area contributed by atoms with Crippen LogP contribution >= 0.6 is 11.6 Å². The standard InChI is InChI=1S/C28H31ClO5/c1-19-17-23(12-9-21(19)10-14-28(30)32-4)33-16-15-20(2)34-27-13-11-22(29)18-25(27)24-7-5-6-8-26(24)31-3/h5-9,11-13,17-18,20H,10,14-16H2,1-4H3. The van der Waals surface area contributed by atoms with Crippen molar-refractivity contribution in [2.75, 3.05) is 20.8 Å². The zero-order valence-electron chi connectivity index (χ0n) is 20.1. The van der Waals surface area contributed by atoms with Crippen LogP contribution < -0.4 is 14.2 Å². The van der Waals surface area contributed by atoms with Crippen molar-refractivity contribution in [3.05, 3.63) is 76.8 Å². The van der Waals surface area contributed by atoms with Gasteiger partial charge in [-0.15, -0.1) is 0 Å². The first kappa shape index (κ1) is 25.4. The largest absolute Gasteiger partial charge is 0.496 e. The second-order valence-electron chi connectivity index (χ2n) is 8.07. The molecule has 1 atom stereocenters. The van der Waals surface area contributed by atoms with Crippen LogP contribution in [0.4, 0.5) is 0 Å². The molecule has 1 unspecified atom stereocenters. The van der Waals surface area contributed by atoms with Gasteiger partial charge in [0.25, 0.3) is 0 Å². The number of hydrogen-bond donors (Lipinski definition) is 0. The Balaban J connectivity index is 1.59. The molecule has 0 radical (unpaired) electrons. The van der Waals surface area contributed by atoms with E-state index < -0.39 is 0 Å². The number of para-hydroxylation sites is 1. The summed E-state index contributed by atoms with van der Waals surface area (Å²) in [5, 5.41) is 0.634. The van der Waals surface area contributed by atoms with Gasteiger partial charge in [-0.05, 0) is 67.8 Å². The molecule has 0 fully saturated rings. The molecule has 34 heavy (non-hydrogen) atoms. The van der Waals surface area contributed by atoms with Crippen molar-refractivity contribution in [1.29, 1.82) is 0 Å². The quantitative estimate of drug-likeness (QED) is 0.286. The summed E-state index contributed by atoms with van der Waals surface area (Å²) in [4.78, 5) is 11.4. The Kier molecular flexibility index (Phi) is 9.23. The van der Waals surface area contributed by atoms with Gasteiger partial charge in [0.2, 0.25) is 0 Å². The van der Waals surface area contributed by atoms with Crippen LogP contribution in [0.3, 0.4) is 0 Å². The Labute approximate surface area is 206 Å². The summed E-state index contributed by atoms with van der Waals surface area (Å²) in [7, 11) is 3.06. The number of rotatable bonds is 11. The first-order valence-corrected chi connectivity index (χ1v) is 11.7. The van der Waals surface area contributed by atoms with Crippen molar-refractivity contribution in [2.45, 2.75) is 39.2 Å². The molecule has 6 heteroatoms. The van der Waals surface area contributed by atoms with E-state index >= 15 is 0 Å². The molecule has 180 valence electrons. The third-order valence-corrected chi connectivity index (χ3v) is 5.84. The van der Waals surface area contributed by atoms with Gasteiger partial charge in [-0.2, -0.15) is 0 Å². The molecule has 5 nitrogen and oxygen atoms in total. The molecule has 0 spiro atoms. The summed E-state index contributed by atoms with van der Waals surface area (Å²) in [6.45, 7) is 4.55. The van der Waals surface area contributed by atoms with E-state index in [1.54, 1.807) is 7.11 Å². The van der Waals surface area contributed by atoms with Crippen LogP contribution in [0.1, 0.15) is 30.9 Å². The first-order chi connectivity index (χ1) is 16.4. The lowest BCUT2D eigenvalue weighted by molar-refractivity contribution is -0.140. The predicted molar refractivity (Wildman–Crippen MR) is 135 cm³/mol. The molecule has 0 saturated carbocycles. The molecular weight excluding hydrogens is 452 g/mol. The number of hydrogen-bond acceptors (Lipinski definition) is 5. The van der Waals surface area contributed by atoms with E-state index in [4.69, 9.17) is 30.5 Å². The number of esters is 1. The Hall–Kier alpha value is -3.18. The second kappa shape index (κ2) is 12.3. The Bertz CT molecular complexity index is 1110. The van der Waals surface area contributed by atoms with Gasteiger partial charge in [-0.3, -0.25) is 4.79 Å². The fourth-order valence-electron chi connectivity index (χ4n) is 3.68. The maximum absolute atomic E-state index is 11.4. The Morgan fingerprint density at radius 3 is 2.50 bits per heavy atom. The van der Waals surface area contributed by atoms with Crippen LogP contribution in [0.15, 0.2) is 60.7 Å². The lowest BCUT2D eigenvalue weighted by atomic mass is 10.0. The van der Waals surface area contributed by atoms with Crippen molar-refractivity contribution in [1.82, 2.24) is 0 Å². The van der Waals surface area contributed by atoms with Crippen LogP contribution in [-0.2, 0) is 16.0 Å². The third-order valence-electron chi connectivity index (χ3n) is 5.60. The minimum Gasteiger partial charge on any atom is -0.496 e. The van der Waals surface area contributed by atoms with E-state index in [9.17, 15) is 4.79 Å². The zero-order valence-corrected chi connectivity index (χ0v) is 20.9. The summed E-state index contributed by atoms with van der Waals surface area (Å²) in [6.07, 6.45) is 1.65. The molecule has 0 saturated heterocycles. The van der Waals surface area contributed by atoms with Gasteiger partial charge >= 0.3 is 5.97 Å². The van der Waals surface area contributed by atoms with Gasteiger partial charge in [-0.1, -0.05) is 35.9 Å². The molecule has 3 aromatic carbocycles. The molecular formula is C28H31ClO5. The van der Waals surface area contributed by atoms with Crippen molar-refractivity contribution in [3.8, 4) is 28.4 Å². The van der Waals surface area contributed by atoms with Crippen LogP contribution in [-0.4, -0.2) is 32.9 Å². The number of ether oxygens (including phenoxy) is 4. The number of carbonyl (C=O) groups excluding carboxylic acids is 1. The minimum atomic E-state index is -0.205. The predicted octanol–water partition coefficient (Wildman–Crippen LogP) is 6.67. The van der Waals surface area contributed by atoms with E-state index in [0.717, 1.165) is 39.5 Å². The summed E-state index contributed by atoms with van der Waals surface area (Å²) in [5.41, 5.74) is 4.01. The van der Waals surface area contributed by atoms with E-state index in [1.807, 2.05) is 74.5 Å². The average Bonchev–Trinajstić information content (AvgIpc) is 2.84. The molecule has 0 aromatic heterocycles. The fraction of sp³-hybridized carbons (Fsp3) is 0.321. The fourth-order valence-corrected chi connectivity index (χ4v) is 3.85. The van der Waals surface area contributed by atoms with E-state index in [1.165, 1.54) is 7.11 Å². The first-order valence-electron chi connectivity index (χ1n) is 11.3. The summed E-state index contributed by atoms with van der Waals surface area (Å²) in [6, 6.07) is 19.3. The van der Waals surface area contributed by atoms with Gasteiger partial charge in [0.1, 0.15) is 17.2 Å². The molecule has 0 amide bonds. The van der Waals surface area contributed by atoms with Crippen LogP contribution in [0.2, 0.25) is 5.02 Å². The van der Waals surface area contributed by atoms with Gasteiger partial charge in [-0.25, -0.2) is 0 Å². The highest BCUT2D eigenvalue weighted by Crippen LogP contribution is 2.38. The van der Waals surface area contributed by atoms with Crippen LogP contribution in [0.5, 0.6) is 17.2 Å². The molecule has 0 aliphatic rings. The van der Waals surface area contributed by atoms with Crippen molar-refractivity contribution in [3.63, 3.8) is 0 Å². The van der Waals surface area contributed by atoms with Crippen LogP contribution in [0, 0.1) is 6.92 Å². The summed E-state index contributed by atoms with van der Waals surface area (Å²) >= 11 is 6.28. The van der Waals surface area contributed by atoms with Gasteiger partial charge in [0, 0.05) is 29.0 Å². The molecule has 0 bridgehead atoms. The molecule has 0 N–H and O–H groups in total. The molecule has 3 aromatic rings. The van der Waals surface area contributed by atoms with Crippen molar-refractivity contribution in [2.24, 2.45) is 0 Å². The third kappa shape index (κ3) is 6.91. The second-order valence-corrected chi connectivity index (χ2v) is 8.51. The maximum atomic E-state index is 11.4. The topological polar surface area (TPSA) is 54.0 Å². The van der Waals surface area contributed by atoms with E-state index in [2.05, 4.69) is 0 Å². The van der Waals surface area contributed by atoms with Gasteiger partial charge < -0.3 is 18.9 Å². The summed E-state index contributed by atoms with van der Waals surface area (Å²) < 4.78 is 22.5. The number of halogens is 1. The summed E-state index contributed by atoms with van der Waals surface area (Å²) in [5.74, 6) is 2.10. The minimum absolute atomic E-state index is 0.0740. The SMILES string of the molecule is COC(=O)CCc1ccc(OCCC(C)Oc2ccc(Cl)cc2-c2ccccc2OC)cc1C. The lowest BCUT2D eigenvalue weighted by Crippen LogP contribution is -2.16. The highest BCUT2D eigenvalue weighted by atomic mass is 35.5. The Morgan fingerprint density at radius 2 is 1.76 bits per heavy atom. The van der Waals surface area contributed by atoms with Gasteiger partial charge in [0.15, 0.2) is 0 Å². The smallest absolute Gasteiger partial charge is 0.305 e. The number of carbonyl (C=O) groups is 1. The average molecular weight is 483 g/mol. The number of methoxy groups -OCH3 is 2. The number of benzene rings is 3. The molecule has 3 rings (SSSR count). The number of aryl methyl sites for hydroxylation is 2. The lowest BCUT2D eigenvalue weighted by Gasteiger charge is -2.19. The van der Waals surface area contributed by atoms with Gasteiger partial charge in [0.05, 0.1) is 26.9 Å². The molecule has 0 aliphatic carbocycles. The maximum Gasteiger partial charge on any atom is 0.305 e. The normalized spacial score (nSPS) is 11.6. The monoisotopic (exact) mass is 482 g/mol.